The molecule has 0 bridgehead atoms. The van der Waals surface area contributed by atoms with E-state index in [0.29, 0.717) is 19.4 Å². The van der Waals surface area contributed by atoms with Crippen molar-refractivity contribution in [3.63, 3.8) is 0 Å². The number of ether oxygens (including phenoxy) is 1. The van der Waals surface area contributed by atoms with Gasteiger partial charge in [0.1, 0.15) is 12.1 Å². The van der Waals surface area contributed by atoms with Crippen molar-refractivity contribution >= 4 is 29.8 Å². The average molecular weight is 519 g/mol. The van der Waals surface area contributed by atoms with Gasteiger partial charge in [0.15, 0.2) is 12.2 Å². The van der Waals surface area contributed by atoms with E-state index in [1.807, 2.05) is 6.92 Å². The molecular weight excluding hydrogens is 480 g/mol. The lowest BCUT2D eigenvalue weighted by molar-refractivity contribution is -0.165. The Bertz CT molecular complexity index is 772. The van der Waals surface area contributed by atoms with E-state index in [-0.39, 0.29) is 23.8 Å². The number of fused-ring (bicyclic) bond motifs is 1. The summed E-state index contributed by atoms with van der Waals surface area (Å²) in [4.78, 5) is 58.0. The van der Waals surface area contributed by atoms with Crippen molar-refractivity contribution in [1.29, 1.82) is 0 Å². The fraction of sp³-hybridized carbons (Fsp3) is 0.783. The minimum absolute atomic E-state index is 0.00817. The molecule has 206 valence electrons. The highest BCUT2D eigenvalue weighted by atomic mass is 16.5. The van der Waals surface area contributed by atoms with Crippen molar-refractivity contribution in [3.8, 4) is 0 Å². The number of carbonyl (C=O) groups is 5. The van der Waals surface area contributed by atoms with Crippen LogP contribution < -0.4 is 5.32 Å². The maximum Gasteiger partial charge on any atom is 0.335 e. The lowest BCUT2D eigenvalue weighted by atomic mass is 9.84. The highest BCUT2D eigenvalue weighted by molar-refractivity contribution is 5.88. The van der Waals surface area contributed by atoms with E-state index in [9.17, 15) is 29.1 Å². The zero-order chi connectivity index (χ0) is 27.6. The van der Waals surface area contributed by atoms with Crippen LogP contribution >= 0.6 is 0 Å². The average Bonchev–Trinajstić information content (AvgIpc) is 3.22. The van der Waals surface area contributed by atoms with Gasteiger partial charge in [-0.1, -0.05) is 26.2 Å². The van der Waals surface area contributed by atoms with Crippen molar-refractivity contribution in [3.05, 3.63) is 0 Å². The van der Waals surface area contributed by atoms with Gasteiger partial charge in [-0.3, -0.25) is 14.9 Å². The summed E-state index contributed by atoms with van der Waals surface area (Å²) in [6, 6.07) is -1.92. The molecule has 7 atom stereocenters. The van der Waals surface area contributed by atoms with Gasteiger partial charge in [0.2, 0.25) is 5.91 Å². The van der Waals surface area contributed by atoms with Crippen LogP contribution in [0.15, 0.2) is 0 Å². The molecule has 1 aliphatic carbocycles. The van der Waals surface area contributed by atoms with Gasteiger partial charge in [0.25, 0.3) is 0 Å². The van der Waals surface area contributed by atoms with Crippen LogP contribution in [0.5, 0.6) is 0 Å². The van der Waals surface area contributed by atoms with Crippen LogP contribution in [-0.2, 0) is 28.7 Å². The van der Waals surface area contributed by atoms with Crippen molar-refractivity contribution in [1.82, 2.24) is 10.2 Å². The second-order valence-electron chi connectivity index (χ2n) is 8.99. The molecule has 13 nitrogen and oxygen atoms in total. The monoisotopic (exact) mass is 518 g/mol. The molecule has 1 saturated carbocycles. The zero-order valence-corrected chi connectivity index (χ0v) is 20.8. The number of esters is 1. The van der Waals surface area contributed by atoms with Gasteiger partial charge in [0.05, 0.1) is 12.6 Å². The van der Waals surface area contributed by atoms with Crippen LogP contribution in [0.4, 0.5) is 0 Å². The first kappa shape index (κ1) is 31.3. The third-order valence-electron chi connectivity index (χ3n) is 6.40. The third-order valence-corrected chi connectivity index (χ3v) is 6.40. The molecule has 2 fully saturated rings. The van der Waals surface area contributed by atoms with Crippen molar-refractivity contribution in [2.75, 3.05) is 6.61 Å². The minimum atomic E-state index is -2.27. The number of nitrogens with one attached hydrogen (secondary N) is 1. The second-order valence-corrected chi connectivity index (χ2v) is 8.99. The van der Waals surface area contributed by atoms with Crippen LogP contribution in [0.25, 0.3) is 0 Å². The Hall–Kier alpha value is -2.77. The number of aliphatic carboxylic acids is 3. The van der Waals surface area contributed by atoms with Crippen LogP contribution in [-0.4, -0.2) is 103 Å². The second kappa shape index (κ2) is 14.7. The zero-order valence-electron chi connectivity index (χ0n) is 20.8. The van der Waals surface area contributed by atoms with Gasteiger partial charge in [-0.15, -0.1) is 0 Å². The number of aliphatic hydroxyl groups excluding tert-OH is 2. The van der Waals surface area contributed by atoms with Gasteiger partial charge in [-0.25, -0.2) is 14.4 Å². The van der Waals surface area contributed by atoms with E-state index in [4.69, 9.17) is 25.2 Å². The molecule has 0 radical (unpaired) electrons. The summed E-state index contributed by atoms with van der Waals surface area (Å²) in [6.45, 7) is 5.72. The SMILES string of the molecule is CCC[C@H](N[C@@H](C)C(=O)N1[C@H](C(=O)O)C[C@@H]2CCCC[C@@H]21)C(=O)OCC.O=C(O)C(O)C(O)C(=O)O. The van der Waals surface area contributed by atoms with Gasteiger partial charge in [0, 0.05) is 6.04 Å². The molecule has 6 N–H and O–H groups in total. The van der Waals surface area contributed by atoms with Crippen molar-refractivity contribution < 1.29 is 54.2 Å². The molecule has 13 heteroatoms. The Morgan fingerprint density at radius 1 is 0.972 bits per heavy atom. The standard InChI is InChI=1S/C19H32N2O5.C4H6O6/c1-4-8-14(19(25)26-5-2)20-12(3)17(22)21-15-10-7-6-9-13(15)11-16(21)18(23)24;5-1(3(7)8)2(6)4(9)10/h12-16,20H,4-11H2,1-3H3,(H,23,24);1-2,5-6H,(H,7,8)(H,9,10)/t12-,13-,14-,15-,16-;/m0./s1. The van der Waals surface area contributed by atoms with E-state index in [2.05, 4.69) is 5.32 Å². The maximum absolute atomic E-state index is 13.1. The van der Waals surface area contributed by atoms with Gasteiger partial charge in [-0.2, -0.15) is 0 Å². The molecule has 1 amide bonds. The molecular formula is C23H38N2O11. The fourth-order valence-electron chi connectivity index (χ4n) is 4.67. The quantitative estimate of drug-likeness (QED) is 0.197. The van der Waals surface area contributed by atoms with Gasteiger partial charge >= 0.3 is 23.9 Å². The minimum Gasteiger partial charge on any atom is -0.480 e. The normalized spacial score (nSPS) is 24.2. The van der Waals surface area contributed by atoms with Crippen molar-refractivity contribution in [2.45, 2.75) is 102 Å². The Balaban J connectivity index is 0.000000548. The lowest BCUT2D eigenvalue weighted by Crippen LogP contribution is -2.55. The molecule has 0 aromatic rings. The first-order valence-electron chi connectivity index (χ1n) is 12.2. The number of nitrogens with zero attached hydrogens (tertiary/aromatic N) is 1. The molecule has 2 unspecified atom stereocenters. The van der Waals surface area contributed by atoms with Crippen LogP contribution in [0.3, 0.4) is 0 Å². The summed E-state index contributed by atoms with van der Waals surface area (Å²) in [6.07, 6.45) is 1.34. The number of carboxylic acids is 3. The van der Waals surface area contributed by atoms with Crippen LogP contribution in [0, 0.1) is 5.92 Å². The van der Waals surface area contributed by atoms with Crippen LogP contribution in [0.2, 0.25) is 0 Å². The summed E-state index contributed by atoms with van der Waals surface area (Å²) in [5, 5.41) is 45.2. The molecule has 0 aromatic heterocycles. The Morgan fingerprint density at radius 3 is 2.00 bits per heavy atom. The van der Waals surface area contributed by atoms with Crippen molar-refractivity contribution in [2.24, 2.45) is 5.92 Å². The summed E-state index contributed by atoms with van der Waals surface area (Å²) >= 11 is 0. The lowest BCUT2D eigenvalue weighted by Gasteiger charge is -2.35. The number of rotatable bonds is 11. The molecule has 36 heavy (non-hydrogen) atoms. The Kier molecular flexibility index (Phi) is 12.8. The summed E-state index contributed by atoms with van der Waals surface area (Å²) in [5.41, 5.74) is 0. The van der Waals surface area contributed by atoms with E-state index in [1.165, 1.54) is 0 Å². The number of carbonyl (C=O) groups excluding carboxylic acids is 2. The number of amides is 1. The molecule has 0 aromatic carbocycles. The Morgan fingerprint density at radius 2 is 1.53 bits per heavy atom. The van der Waals surface area contributed by atoms with E-state index < -0.39 is 48.2 Å². The van der Waals surface area contributed by atoms with E-state index in [0.717, 1.165) is 32.1 Å². The van der Waals surface area contributed by atoms with Gasteiger partial charge in [-0.05, 0) is 45.4 Å². The molecule has 2 aliphatic rings. The summed E-state index contributed by atoms with van der Waals surface area (Å²) in [7, 11) is 0. The molecule has 1 heterocycles. The highest BCUT2D eigenvalue weighted by Crippen LogP contribution is 2.40. The number of aliphatic hydroxyl groups is 2. The highest BCUT2D eigenvalue weighted by Gasteiger charge is 2.48. The molecule has 0 spiro atoms. The number of likely N-dealkylation sites (tertiary alicyclic amines) is 1. The molecule has 2 rings (SSSR count). The smallest absolute Gasteiger partial charge is 0.335 e. The number of carboxylic acid groups (broad SMARTS) is 3. The number of hydrogen-bond donors (Lipinski definition) is 6. The Labute approximate surface area is 209 Å². The molecule has 1 saturated heterocycles. The maximum atomic E-state index is 13.1. The van der Waals surface area contributed by atoms with E-state index in [1.54, 1.807) is 18.7 Å². The van der Waals surface area contributed by atoms with Crippen LogP contribution in [0.1, 0.15) is 65.7 Å². The predicted molar refractivity (Wildman–Crippen MR) is 124 cm³/mol. The largest absolute Gasteiger partial charge is 0.480 e. The third kappa shape index (κ3) is 8.42. The fourth-order valence-corrected chi connectivity index (χ4v) is 4.67. The topological polar surface area (TPSA) is 211 Å². The summed E-state index contributed by atoms with van der Waals surface area (Å²) < 4.78 is 5.09. The first-order valence-corrected chi connectivity index (χ1v) is 12.2. The van der Waals surface area contributed by atoms with E-state index >= 15 is 0 Å². The first-order chi connectivity index (χ1) is 16.9. The number of hydrogen-bond acceptors (Lipinski definition) is 9. The summed E-state index contributed by atoms with van der Waals surface area (Å²) in [5.74, 6) is -4.78. The molecule has 1 aliphatic heterocycles. The predicted octanol–water partition coefficient (Wildman–Crippen LogP) is -0.182. The van der Waals surface area contributed by atoms with Gasteiger partial charge < -0.3 is 35.2 Å².